The lowest BCUT2D eigenvalue weighted by Crippen LogP contribution is -2.42. The van der Waals surface area contributed by atoms with Gasteiger partial charge >= 0.3 is 5.97 Å². The first-order valence-corrected chi connectivity index (χ1v) is 5.92. The maximum atomic E-state index is 13.1. The highest BCUT2D eigenvalue weighted by atomic mass is 19.1. The number of nitrogens with zero attached hydrogens (tertiary/aromatic N) is 2. The first-order chi connectivity index (χ1) is 8.99. The Hall–Kier alpha value is -2.18. The number of rotatable bonds is 3. The number of anilines is 1. The molecule has 19 heavy (non-hydrogen) atoms. The van der Waals surface area contributed by atoms with Gasteiger partial charge in [-0.05, 0) is 18.9 Å². The topological polar surface area (TPSA) is 96.5 Å². The van der Waals surface area contributed by atoms with Crippen LogP contribution in [0.25, 0.3) is 0 Å². The molecule has 1 unspecified atom stereocenters. The zero-order valence-electron chi connectivity index (χ0n) is 10.2. The number of aromatic nitrogens is 1. The molecule has 1 fully saturated rings. The fourth-order valence-electron chi connectivity index (χ4n) is 2.24. The Balaban J connectivity index is 2.30. The second-order valence-corrected chi connectivity index (χ2v) is 4.52. The Kier molecular flexibility index (Phi) is 3.64. The average molecular weight is 267 g/mol. The van der Waals surface area contributed by atoms with Gasteiger partial charge in [-0.25, -0.2) is 14.2 Å². The smallest absolute Gasteiger partial charge is 0.339 e. The summed E-state index contributed by atoms with van der Waals surface area (Å²) >= 11 is 0. The predicted molar refractivity (Wildman–Crippen MR) is 65.3 cm³/mol. The molecule has 1 aliphatic heterocycles. The lowest BCUT2D eigenvalue weighted by Gasteiger charge is -2.32. The molecule has 1 saturated heterocycles. The number of halogens is 1. The van der Waals surface area contributed by atoms with Crippen molar-refractivity contribution < 1.29 is 19.1 Å². The predicted octanol–water partition coefficient (Wildman–Crippen LogP) is 0.621. The number of aromatic carboxylic acids is 1. The van der Waals surface area contributed by atoms with E-state index in [9.17, 15) is 14.0 Å². The molecule has 1 aromatic heterocycles. The van der Waals surface area contributed by atoms with Gasteiger partial charge < -0.3 is 15.7 Å². The molecule has 3 N–H and O–H groups in total. The number of hydrogen-bond acceptors (Lipinski definition) is 4. The lowest BCUT2D eigenvalue weighted by atomic mass is 9.97. The molecule has 0 aliphatic carbocycles. The van der Waals surface area contributed by atoms with Gasteiger partial charge in [0.05, 0.1) is 12.1 Å². The summed E-state index contributed by atoms with van der Waals surface area (Å²) in [5.74, 6) is -2.52. The molecule has 0 radical (unpaired) electrons. The summed E-state index contributed by atoms with van der Waals surface area (Å²) in [4.78, 5) is 27.8. The van der Waals surface area contributed by atoms with Crippen LogP contribution in [0.3, 0.4) is 0 Å². The number of hydrogen-bond donors (Lipinski definition) is 2. The lowest BCUT2D eigenvalue weighted by molar-refractivity contribution is -0.122. The number of carbonyl (C=O) groups excluding carboxylic acids is 1. The molecule has 1 aromatic rings. The quantitative estimate of drug-likeness (QED) is 0.836. The highest BCUT2D eigenvalue weighted by Gasteiger charge is 2.27. The van der Waals surface area contributed by atoms with E-state index in [2.05, 4.69) is 4.98 Å². The van der Waals surface area contributed by atoms with Gasteiger partial charge in [-0.1, -0.05) is 0 Å². The number of carboxylic acids is 1. The molecule has 102 valence electrons. The fourth-order valence-corrected chi connectivity index (χ4v) is 2.24. The summed E-state index contributed by atoms with van der Waals surface area (Å²) in [6.07, 6.45) is 2.36. The highest BCUT2D eigenvalue weighted by Crippen LogP contribution is 2.25. The summed E-state index contributed by atoms with van der Waals surface area (Å²) in [6, 6.07) is 0.929. The Labute approximate surface area is 109 Å². The van der Waals surface area contributed by atoms with E-state index in [4.69, 9.17) is 10.8 Å². The van der Waals surface area contributed by atoms with Gasteiger partial charge in [-0.3, -0.25) is 4.79 Å². The molecule has 0 bridgehead atoms. The molecular formula is C12H14FN3O3. The van der Waals surface area contributed by atoms with Crippen LogP contribution in [0.1, 0.15) is 23.2 Å². The van der Waals surface area contributed by atoms with Crippen molar-refractivity contribution in [2.45, 2.75) is 12.8 Å². The molecule has 7 heteroatoms. The van der Waals surface area contributed by atoms with Crippen LogP contribution < -0.4 is 10.6 Å². The molecule has 6 nitrogen and oxygen atoms in total. The third-order valence-electron chi connectivity index (χ3n) is 3.19. The number of carbonyl (C=O) groups is 2. The number of piperidine rings is 1. The molecule has 0 saturated carbocycles. The van der Waals surface area contributed by atoms with Crippen molar-refractivity contribution in [3.05, 3.63) is 23.6 Å². The first-order valence-electron chi connectivity index (χ1n) is 5.92. The van der Waals surface area contributed by atoms with E-state index >= 15 is 0 Å². The van der Waals surface area contributed by atoms with E-state index in [-0.39, 0.29) is 17.3 Å². The van der Waals surface area contributed by atoms with Gasteiger partial charge in [-0.15, -0.1) is 0 Å². The normalized spacial score (nSPS) is 19.2. The summed E-state index contributed by atoms with van der Waals surface area (Å²) in [6.45, 7) is 0.886. The third kappa shape index (κ3) is 2.81. The monoisotopic (exact) mass is 267 g/mol. The van der Waals surface area contributed by atoms with Crippen LogP contribution in [0.5, 0.6) is 0 Å². The zero-order valence-corrected chi connectivity index (χ0v) is 10.2. The van der Waals surface area contributed by atoms with Crippen molar-refractivity contribution in [3.63, 3.8) is 0 Å². The zero-order chi connectivity index (χ0) is 14.0. The number of nitrogens with two attached hydrogens (primary N) is 1. The van der Waals surface area contributed by atoms with Gasteiger partial charge in [0.1, 0.15) is 17.2 Å². The maximum Gasteiger partial charge on any atom is 0.339 e. The second-order valence-electron chi connectivity index (χ2n) is 4.52. The Bertz CT molecular complexity index is 521. The van der Waals surface area contributed by atoms with Gasteiger partial charge in [-0.2, -0.15) is 0 Å². The summed E-state index contributed by atoms with van der Waals surface area (Å²) < 4.78 is 13.1. The largest absolute Gasteiger partial charge is 0.478 e. The Morgan fingerprint density at radius 1 is 1.53 bits per heavy atom. The average Bonchev–Trinajstić information content (AvgIpc) is 2.38. The van der Waals surface area contributed by atoms with Crippen LogP contribution in [0.15, 0.2) is 12.3 Å². The molecule has 1 atom stereocenters. The van der Waals surface area contributed by atoms with Crippen LogP contribution in [0.4, 0.5) is 10.2 Å². The van der Waals surface area contributed by atoms with Crippen molar-refractivity contribution in [2.75, 3.05) is 18.0 Å². The first kappa shape index (κ1) is 13.3. The molecule has 2 rings (SSSR count). The SMILES string of the molecule is NC(=O)C1CCCN(c2ncc(F)cc2C(=O)O)C1. The van der Waals surface area contributed by atoms with Crippen LogP contribution in [-0.4, -0.2) is 35.1 Å². The standard InChI is InChI=1S/C12H14FN3O3/c13-8-4-9(12(18)19)11(15-5-8)16-3-1-2-7(6-16)10(14)17/h4-5,7H,1-3,6H2,(H2,14,17)(H,18,19). The summed E-state index contributed by atoms with van der Waals surface area (Å²) in [5.41, 5.74) is 5.06. The molecule has 0 aromatic carbocycles. The van der Waals surface area contributed by atoms with E-state index in [0.717, 1.165) is 12.3 Å². The van der Waals surface area contributed by atoms with E-state index in [1.807, 2.05) is 0 Å². The van der Waals surface area contributed by atoms with Crippen molar-refractivity contribution in [1.82, 2.24) is 4.98 Å². The molecule has 1 amide bonds. The van der Waals surface area contributed by atoms with Crippen LogP contribution in [0, 0.1) is 11.7 Å². The van der Waals surface area contributed by atoms with E-state index in [1.165, 1.54) is 0 Å². The molecule has 2 heterocycles. The summed E-state index contributed by atoms with van der Waals surface area (Å²) in [5, 5.41) is 9.07. The van der Waals surface area contributed by atoms with Crippen LogP contribution in [-0.2, 0) is 4.79 Å². The number of pyridine rings is 1. The van der Waals surface area contributed by atoms with Crippen molar-refractivity contribution in [2.24, 2.45) is 11.7 Å². The van der Waals surface area contributed by atoms with Gasteiger partial charge in [0.25, 0.3) is 0 Å². The molecular weight excluding hydrogens is 253 g/mol. The molecule has 1 aliphatic rings. The van der Waals surface area contributed by atoms with Gasteiger partial charge in [0.2, 0.25) is 5.91 Å². The van der Waals surface area contributed by atoms with E-state index in [0.29, 0.717) is 25.9 Å². The van der Waals surface area contributed by atoms with Gasteiger partial charge in [0.15, 0.2) is 0 Å². The molecule has 0 spiro atoms. The van der Waals surface area contributed by atoms with E-state index in [1.54, 1.807) is 4.90 Å². The number of carboxylic acid groups (broad SMARTS) is 1. The van der Waals surface area contributed by atoms with E-state index < -0.39 is 17.7 Å². The highest BCUT2D eigenvalue weighted by molar-refractivity contribution is 5.93. The van der Waals surface area contributed by atoms with Crippen molar-refractivity contribution in [3.8, 4) is 0 Å². The minimum Gasteiger partial charge on any atom is -0.478 e. The Morgan fingerprint density at radius 2 is 2.26 bits per heavy atom. The number of primary amides is 1. The summed E-state index contributed by atoms with van der Waals surface area (Å²) in [7, 11) is 0. The van der Waals surface area contributed by atoms with Gasteiger partial charge in [0, 0.05) is 13.1 Å². The fraction of sp³-hybridized carbons (Fsp3) is 0.417. The Morgan fingerprint density at radius 3 is 2.89 bits per heavy atom. The maximum absolute atomic E-state index is 13.1. The van der Waals surface area contributed by atoms with Crippen molar-refractivity contribution >= 4 is 17.7 Å². The van der Waals surface area contributed by atoms with Crippen molar-refractivity contribution in [1.29, 1.82) is 0 Å². The second kappa shape index (κ2) is 5.21. The third-order valence-corrected chi connectivity index (χ3v) is 3.19. The van der Waals surface area contributed by atoms with Crippen LogP contribution in [0.2, 0.25) is 0 Å². The number of amides is 1. The minimum atomic E-state index is -1.25. The van der Waals surface area contributed by atoms with Crippen LogP contribution >= 0.6 is 0 Å². The minimum absolute atomic E-state index is 0.180.